The van der Waals surface area contributed by atoms with Gasteiger partial charge in [0.25, 0.3) is 0 Å². The number of allylic oxidation sites excluding steroid dienone is 3. The van der Waals surface area contributed by atoms with E-state index in [2.05, 4.69) is 102 Å². The summed E-state index contributed by atoms with van der Waals surface area (Å²) in [6.07, 6.45) is 8.88. The summed E-state index contributed by atoms with van der Waals surface area (Å²) < 4.78 is 2.42. The van der Waals surface area contributed by atoms with Gasteiger partial charge in [-0.05, 0) is 42.0 Å². The third-order valence-electron chi connectivity index (χ3n) is 6.43. The lowest BCUT2D eigenvalue weighted by Crippen LogP contribution is -2.37. The van der Waals surface area contributed by atoms with Crippen molar-refractivity contribution in [2.45, 2.75) is 45.6 Å². The molecule has 2 aromatic carbocycles. The van der Waals surface area contributed by atoms with Crippen LogP contribution in [0.25, 0.3) is 17.0 Å². The number of nitrogens with zero attached hydrogens (tertiary/aromatic N) is 2. The largest absolute Gasteiger partial charge is 0.347 e. The molecule has 2 heterocycles. The van der Waals surface area contributed by atoms with E-state index in [1.165, 1.54) is 34.3 Å². The van der Waals surface area contributed by atoms with E-state index in [0.717, 1.165) is 24.3 Å². The highest BCUT2D eigenvalue weighted by atomic mass is 17.2. The van der Waals surface area contributed by atoms with Gasteiger partial charge in [-0.15, -0.1) is 4.99 Å². The molecule has 32 heavy (non-hydrogen) atoms. The molecule has 2 N–H and O–H groups in total. The minimum absolute atomic E-state index is 0.177. The van der Waals surface area contributed by atoms with E-state index in [0.29, 0.717) is 0 Å². The highest BCUT2D eigenvalue weighted by Crippen LogP contribution is 2.47. The van der Waals surface area contributed by atoms with Gasteiger partial charge >= 0.3 is 0 Å². The predicted molar refractivity (Wildman–Crippen MR) is 131 cm³/mol. The Labute approximate surface area is 190 Å². The quantitative estimate of drug-likeness (QED) is 0.271. The number of para-hydroxylation sites is 1. The van der Waals surface area contributed by atoms with Gasteiger partial charge in [-0.25, -0.2) is 10.7 Å². The van der Waals surface area contributed by atoms with Crippen LogP contribution in [-0.4, -0.2) is 12.3 Å². The maximum Gasteiger partial charge on any atom is 0.212 e. The second-order valence-corrected chi connectivity index (χ2v) is 8.84. The summed E-state index contributed by atoms with van der Waals surface area (Å²) in [5.74, 6) is 0. The number of hydrogen-bond donors (Lipinski definition) is 2. The lowest BCUT2D eigenvalue weighted by atomic mass is 9.83. The molecule has 1 aliphatic heterocycles. The molecule has 0 saturated heterocycles. The Bertz CT molecular complexity index is 1180. The number of aromatic nitrogens is 1. The van der Waals surface area contributed by atoms with Crippen molar-refractivity contribution >= 4 is 28.4 Å². The zero-order chi connectivity index (χ0) is 22.7. The topological polar surface area (TPSA) is 48.6 Å². The van der Waals surface area contributed by atoms with Crippen molar-refractivity contribution in [3.05, 3.63) is 83.7 Å². The van der Waals surface area contributed by atoms with Gasteiger partial charge in [0.2, 0.25) is 11.2 Å². The Morgan fingerprint density at radius 1 is 1.12 bits per heavy atom. The van der Waals surface area contributed by atoms with E-state index < -0.39 is 0 Å². The number of anilines is 2. The van der Waals surface area contributed by atoms with Crippen LogP contribution in [-0.2, 0) is 16.9 Å². The van der Waals surface area contributed by atoms with E-state index in [1.807, 2.05) is 18.2 Å². The Balaban J connectivity index is 1.68. The maximum atomic E-state index is 8.73. The number of benzene rings is 2. The molecule has 1 aromatic heterocycles. The van der Waals surface area contributed by atoms with Crippen LogP contribution in [0.3, 0.4) is 0 Å². The third-order valence-corrected chi connectivity index (χ3v) is 6.43. The lowest BCUT2D eigenvalue weighted by Gasteiger charge is -2.23. The first-order valence-corrected chi connectivity index (χ1v) is 11.2. The molecule has 1 aliphatic rings. The summed E-state index contributed by atoms with van der Waals surface area (Å²) in [5.41, 5.74) is 9.08. The molecular formula is C27H32N3O2+. The molecule has 0 bridgehead atoms. The van der Waals surface area contributed by atoms with Crippen LogP contribution in [0.1, 0.15) is 44.9 Å². The van der Waals surface area contributed by atoms with Gasteiger partial charge < -0.3 is 4.90 Å². The van der Waals surface area contributed by atoms with Crippen molar-refractivity contribution in [1.29, 1.82) is 0 Å². The number of rotatable bonds is 7. The molecule has 166 valence electrons. The molecule has 5 heteroatoms. The van der Waals surface area contributed by atoms with Gasteiger partial charge in [-0.1, -0.05) is 45.4 Å². The fourth-order valence-electron chi connectivity index (χ4n) is 4.68. The molecule has 0 atom stereocenters. The highest BCUT2D eigenvalue weighted by Gasteiger charge is 2.38. The molecule has 0 fully saturated rings. The number of unbranched alkanes of at least 4 members (excludes halogenated alkanes) is 1. The average molecular weight is 431 g/mol. The molecule has 5 nitrogen and oxygen atoms in total. The molecular weight excluding hydrogens is 398 g/mol. The van der Waals surface area contributed by atoms with Crippen LogP contribution in [0.2, 0.25) is 0 Å². The number of fused-ring (bicyclic) bond motifs is 2. The van der Waals surface area contributed by atoms with E-state index in [4.69, 9.17) is 5.26 Å². The van der Waals surface area contributed by atoms with E-state index in [-0.39, 0.29) is 5.41 Å². The first-order valence-electron chi connectivity index (χ1n) is 11.2. The van der Waals surface area contributed by atoms with Crippen molar-refractivity contribution in [1.82, 2.24) is 0 Å². The molecule has 0 unspecified atom stereocenters. The first-order chi connectivity index (χ1) is 15.5. The number of pyridine rings is 1. The van der Waals surface area contributed by atoms with Crippen LogP contribution in [0, 0.1) is 0 Å². The van der Waals surface area contributed by atoms with Crippen molar-refractivity contribution in [3.63, 3.8) is 0 Å². The Hall–Kier alpha value is -3.15. The van der Waals surface area contributed by atoms with Crippen molar-refractivity contribution in [2.75, 3.05) is 17.4 Å². The van der Waals surface area contributed by atoms with Crippen LogP contribution >= 0.6 is 0 Å². The van der Waals surface area contributed by atoms with Crippen molar-refractivity contribution in [3.8, 4) is 0 Å². The zero-order valence-corrected chi connectivity index (χ0v) is 19.3. The number of hydrogen-bond acceptors (Lipinski definition) is 4. The van der Waals surface area contributed by atoms with Gasteiger partial charge in [0, 0.05) is 53.9 Å². The number of aryl methyl sites for hydroxylation is 1. The highest BCUT2D eigenvalue weighted by molar-refractivity contribution is 5.76. The summed E-state index contributed by atoms with van der Waals surface area (Å²) in [5, 5.41) is 9.99. The van der Waals surface area contributed by atoms with Crippen molar-refractivity contribution in [2.24, 2.45) is 0 Å². The summed E-state index contributed by atoms with van der Waals surface area (Å²) in [6.45, 7) is 7.68. The van der Waals surface area contributed by atoms with Crippen LogP contribution in [0.15, 0.2) is 72.4 Å². The zero-order valence-electron chi connectivity index (χ0n) is 19.3. The van der Waals surface area contributed by atoms with E-state index >= 15 is 0 Å². The normalized spacial score (nSPS) is 16.3. The van der Waals surface area contributed by atoms with Gasteiger partial charge in [0.15, 0.2) is 0 Å². The molecule has 0 amide bonds. The fraction of sp³-hybridized carbons (Fsp3) is 0.296. The maximum absolute atomic E-state index is 8.73. The van der Waals surface area contributed by atoms with Crippen LogP contribution in [0.5, 0.6) is 0 Å². The predicted octanol–water partition coefficient (Wildman–Crippen LogP) is 6.07. The van der Waals surface area contributed by atoms with Gasteiger partial charge in [0.05, 0.1) is 5.69 Å². The average Bonchev–Trinajstić information content (AvgIpc) is 2.98. The minimum atomic E-state index is -0.177. The fourth-order valence-corrected chi connectivity index (χ4v) is 4.68. The monoisotopic (exact) mass is 430 g/mol. The van der Waals surface area contributed by atoms with Gasteiger partial charge in [-0.3, -0.25) is 0 Å². The second-order valence-electron chi connectivity index (χ2n) is 8.84. The van der Waals surface area contributed by atoms with E-state index in [1.54, 1.807) is 0 Å². The third kappa shape index (κ3) is 4.01. The summed E-state index contributed by atoms with van der Waals surface area (Å²) in [4.78, 5) is 6.33. The minimum Gasteiger partial charge on any atom is -0.347 e. The molecule has 0 radical (unpaired) electrons. The Kier molecular flexibility index (Phi) is 6.31. The standard InChI is InChI=1S/C27H31N3O2/c1-5-6-18-30-22(16-14-20-10-7-8-12-24(20)30)11-9-13-26-27(2,3)23-19-21(28-32-31)15-17-25(23)29(26)4/h7-17,19,28H,5-6,18H2,1-4H3/p+1. The van der Waals surface area contributed by atoms with Crippen molar-refractivity contribution < 1.29 is 14.8 Å². The molecule has 0 spiro atoms. The molecule has 3 aromatic rings. The van der Waals surface area contributed by atoms with Gasteiger partial charge in [0.1, 0.15) is 6.54 Å². The second kappa shape index (κ2) is 9.15. The molecule has 4 rings (SSSR count). The van der Waals surface area contributed by atoms with Crippen LogP contribution < -0.4 is 14.9 Å². The smallest absolute Gasteiger partial charge is 0.212 e. The van der Waals surface area contributed by atoms with Crippen LogP contribution in [0.4, 0.5) is 11.4 Å². The van der Waals surface area contributed by atoms with E-state index in [9.17, 15) is 0 Å². The number of nitrogens with one attached hydrogen (secondary N) is 1. The molecule has 0 saturated carbocycles. The number of likely N-dealkylation sites (N-methyl/N-ethyl adjacent to an activating group) is 1. The lowest BCUT2D eigenvalue weighted by molar-refractivity contribution is -0.673. The SMILES string of the molecule is CCCC[n+]1c(C=CC=C2N(C)c3ccc(NOO)cc3C2(C)C)ccc2ccccc21. The summed E-state index contributed by atoms with van der Waals surface area (Å²) in [7, 11) is 2.10. The Morgan fingerprint density at radius 3 is 2.72 bits per heavy atom. The Morgan fingerprint density at radius 2 is 1.94 bits per heavy atom. The molecule has 0 aliphatic carbocycles. The van der Waals surface area contributed by atoms with Gasteiger partial charge in [-0.2, -0.15) is 4.57 Å². The first kappa shape index (κ1) is 22.1. The summed E-state index contributed by atoms with van der Waals surface area (Å²) >= 11 is 0. The summed E-state index contributed by atoms with van der Waals surface area (Å²) in [6, 6.07) is 18.9.